The van der Waals surface area contributed by atoms with Crippen molar-refractivity contribution in [3.8, 4) is 11.5 Å². The predicted molar refractivity (Wildman–Crippen MR) is 108 cm³/mol. The van der Waals surface area contributed by atoms with Crippen molar-refractivity contribution < 1.29 is 23.0 Å². The number of ether oxygens (including phenoxy) is 2. The summed E-state index contributed by atoms with van der Waals surface area (Å²) >= 11 is 0. The number of benzene rings is 1. The van der Waals surface area contributed by atoms with Crippen LogP contribution in [0.1, 0.15) is 18.7 Å². The Labute approximate surface area is 180 Å². The lowest BCUT2D eigenvalue weighted by Gasteiger charge is -2.34. The molecule has 4 heterocycles. The summed E-state index contributed by atoms with van der Waals surface area (Å²) in [5, 5.41) is 4.90. The minimum atomic E-state index is -3.75. The van der Waals surface area contributed by atoms with Crippen LogP contribution in [0.2, 0.25) is 0 Å². The standard InChI is InChI=1S/C20H21F2N7O3/c21-20(22)31-13-4-3-12-16(17(13)32-20)25-19(23)29-18(12)24-14(26-29)5-6-27-7-8-28(15(30)10-27)9-11-1-2-11/h3-4,11H,1-2,5-10H2,(H2,23,25). The van der Waals surface area contributed by atoms with Crippen LogP contribution < -0.4 is 15.2 Å². The molecule has 0 unspecified atom stereocenters. The van der Waals surface area contributed by atoms with Crippen molar-refractivity contribution in [3.63, 3.8) is 0 Å². The SMILES string of the molecule is Nc1nc2c3c(ccc2c2nc(CCN4CCN(CC5CC5)C(=O)C4)nn12)OC(F)(F)O3. The van der Waals surface area contributed by atoms with Crippen molar-refractivity contribution in [3.05, 3.63) is 18.0 Å². The van der Waals surface area contributed by atoms with Crippen molar-refractivity contribution in [1.29, 1.82) is 0 Å². The Morgan fingerprint density at radius 3 is 2.81 bits per heavy atom. The normalized spacial score (nSPS) is 20.6. The molecule has 2 aromatic heterocycles. The van der Waals surface area contributed by atoms with Crippen molar-refractivity contribution in [2.75, 3.05) is 38.5 Å². The summed E-state index contributed by atoms with van der Waals surface area (Å²) in [7, 11) is 0. The molecule has 1 saturated heterocycles. The van der Waals surface area contributed by atoms with Gasteiger partial charge in [-0.15, -0.1) is 13.9 Å². The van der Waals surface area contributed by atoms with Gasteiger partial charge < -0.3 is 20.1 Å². The lowest BCUT2D eigenvalue weighted by atomic mass is 10.2. The van der Waals surface area contributed by atoms with E-state index in [1.54, 1.807) is 6.07 Å². The molecule has 6 rings (SSSR count). The third-order valence-corrected chi connectivity index (χ3v) is 6.11. The molecule has 1 amide bonds. The number of piperazine rings is 1. The lowest BCUT2D eigenvalue weighted by Crippen LogP contribution is -2.51. The lowest BCUT2D eigenvalue weighted by molar-refractivity contribution is -0.286. The van der Waals surface area contributed by atoms with Crippen LogP contribution >= 0.6 is 0 Å². The highest BCUT2D eigenvalue weighted by atomic mass is 19.3. The maximum absolute atomic E-state index is 13.5. The highest BCUT2D eigenvalue weighted by Crippen LogP contribution is 2.45. The zero-order valence-corrected chi connectivity index (χ0v) is 17.1. The predicted octanol–water partition coefficient (Wildman–Crippen LogP) is 1.28. The molecule has 1 aliphatic carbocycles. The van der Waals surface area contributed by atoms with Gasteiger partial charge >= 0.3 is 6.29 Å². The van der Waals surface area contributed by atoms with Gasteiger partial charge in [0.25, 0.3) is 0 Å². The molecule has 168 valence electrons. The monoisotopic (exact) mass is 445 g/mol. The average molecular weight is 445 g/mol. The number of carbonyl (C=O) groups excluding carboxylic acids is 1. The van der Waals surface area contributed by atoms with Gasteiger partial charge in [-0.05, 0) is 30.9 Å². The third-order valence-electron chi connectivity index (χ3n) is 6.11. The van der Waals surface area contributed by atoms with Gasteiger partial charge in [-0.2, -0.15) is 4.52 Å². The van der Waals surface area contributed by atoms with E-state index in [4.69, 9.17) is 5.73 Å². The minimum absolute atomic E-state index is 0.00216. The van der Waals surface area contributed by atoms with E-state index in [1.165, 1.54) is 23.4 Å². The van der Waals surface area contributed by atoms with Gasteiger partial charge in [-0.1, -0.05) is 0 Å². The Kier molecular flexibility index (Phi) is 4.16. The van der Waals surface area contributed by atoms with Crippen molar-refractivity contribution >= 4 is 28.4 Å². The number of anilines is 1. The Hall–Kier alpha value is -3.28. The zero-order chi connectivity index (χ0) is 22.0. The first kappa shape index (κ1) is 19.4. The van der Waals surface area contributed by atoms with Crippen LogP contribution in [0, 0.1) is 5.92 Å². The van der Waals surface area contributed by atoms with Gasteiger partial charge in [0, 0.05) is 38.0 Å². The van der Waals surface area contributed by atoms with Gasteiger partial charge in [0.05, 0.1) is 6.54 Å². The number of hydrogen-bond acceptors (Lipinski definition) is 8. The van der Waals surface area contributed by atoms with E-state index in [9.17, 15) is 13.6 Å². The van der Waals surface area contributed by atoms with Crippen LogP contribution in [0.3, 0.4) is 0 Å². The van der Waals surface area contributed by atoms with Crippen LogP contribution in [0.4, 0.5) is 14.7 Å². The molecule has 1 aromatic carbocycles. The molecular formula is C20H21F2N7O3. The van der Waals surface area contributed by atoms with Crippen LogP contribution in [-0.2, 0) is 11.2 Å². The van der Waals surface area contributed by atoms with Crippen molar-refractivity contribution in [2.45, 2.75) is 25.6 Å². The van der Waals surface area contributed by atoms with Crippen LogP contribution in [0.15, 0.2) is 12.1 Å². The Morgan fingerprint density at radius 1 is 1.19 bits per heavy atom. The zero-order valence-electron chi connectivity index (χ0n) is 17.1. The number of hydrogen-bond donors (Lipinski definition) is 1. The smallest absolute Gasteiger partial charge is 0.395 e. The number of fused-ring (bicyclic) bond motifs is 5. The van der Waals surface area contributed by atoms with E-state index in [2.05, 4.69) is 29.4 Å². The molecule has 2 N–H and O–H groups in total. The summed E-state index contributed by atoms with van der Waals surface area (Å²) in [5.41, 5.74) is 6.56. The van der Waals surface area contributed by atoms with E-state index < -0.39 is 6.29 Å². The molecule has 0 spiro atoms. The number of nitrogens with two attached hydrogens (primary N) is 1. The molecule has 2 fully saturated rings. The maximum Gasteiger partial charge on any atom is 0.586 e. The van der Waals surface area contributed by atoms with E-state index in [-0.39, 0.29) is 28.9 Å². The topological polar surface area (TPSA) is 111 Å². The molecule has 12 heteroatoms. The van der Waals surface area contributed by atoms with E-state index in [1.807, 2.05) is 4.90 Å². The first-order valence-corrected chi connectivity index (χ1v) is 10.6. The van der Waals surface area contributed by atoms with Crippen LogP contribution in [0.5, 0.6) is 11.5 Å². The molecular weight excluding hydrogens is 424 g/mol. The molecule has 1 saturated carbocycles. The Bertz CT molecular complexity index is 1240. The fraction of sp³-hybridized carbons (Fsp3) is 0.500. The van der Waals surface area contributed by atoms with Gasteiger partial charge in [-0.25, -0.2) is 9.97 Å². The maximum atomic E-state index is 13.5. The number of rotatable bonds is 5. The van der Waals surface area contributed by atoms with Gasteiger partial charge in [0.1, 0.15) is 5.52 Å². The molecule has 3 aliphatic rings. The van der Waals surface area contributed by atoms with Crippen LogP contribution in [-0.4, -0.2) is 74.3 Å². The molecule has 32 heavy (non-hydrogen) atoms. The third kappa shape index (κ3) is 3.34. The molecule has 0 bridgehead atoms. The fourth-order valence-corrected chi connectivity index (χ4v) is 4.26. The summed E-state index contributed by atoms with van der Waals surface area (Å²) in [6, 6.07) is 2.97. The summed E-state index contributed by atoms with van der Waals surface area (Å²) < 4.78 is 37.5. The minimum Gasteiger partial charge on any atom is -0.395 e. The van der Waals surface area contributed by atoms with Gasteiger partial charge in [0.2, 0.25) is 11.9 Å². The number of alkyl halides is 2. The number of aromatic nitrogens is 4. The number of carbonyl (C=O) groups is 1. The fourth-order valence-electron chi connectivity index (χ4n) is 4.26. The van der Waals surface area contributed by atoms with Crippen LogP contribution in [0.25, 0.3) is 16.6 Å². The first-order valence-electron chi connectivity index (χ1n) is 10.6. The van der Waals surface area contributed by atoms with Crippen molar-refractivity contribution in [1.82, 2.24) is 29.4 Å². The molecule has 3 aromatic rings. The number of amides is 1. The summed E-state index contributed by atoms with van der Waals surface area (Å²) in [6.07, 6.45) is -0.784. The van der Waals surface area contributed by atoms with Gasteiger partial charge in [0.15, 0.2) is 23.0 Å². The number of halogens is 2. The largest absolute Gasteiger partial charge is 0.586 e. The number of nitrogens with zero attached hydrogens (tertiary/aromatic N) is 6. The molecule has 10 nitrogen and oxygen atoms in total. The number of nitrogen functional groups attached to an aromatic ring is 1. The second kappa shape index (κ2) is 6.86. The average Bonchev–Trinajstić information content (AvgIpc) is 3.34. The molecule has 0 radical (unpaired) electrons. The van der Waals surface area contributed by atoms with E-state index >= 15 is 0 Å². The van der Waals surface area contributed by atoms with E-state index in [0.29, 0.717) is 42.3 Å². The highest BCUT2D eigenvalue weighted by Gasteiger charge is 2.45. The second-order valence-electron chi connectivity index (χ2n) is 8.50. The van der Waals surface area contributed by atoms with Gasteiger partial charge in [-0.3, -0.25) is 9.69 Å². The summed E-state index contributed by atoms with van der Waals surface area (Å²) in [4.78, 5) is 25.2. The Balaban J connectivity index is 1.22. The first-order chi connectivity index (χ1) is 15.4. The molecule has 0 atom stereocenters. The van der Waals surface area contributed by atoms with Crippen molar-refractivity contribution in [2.24, 2.45) is 5.92 Å². The van der Waals surface area contributed by atoms with E-state index in [0.717, 1.165) is 19.6 Å². The Morgan fingerprint density at radius 2 is 2.03 bits per heavy atom. The highest BCUT2D eigenvalue weighted by molar-refractivity contribution is 5.97. The quantitative estimate of drug-likeness (QED) is 0.625. The summed E-state index contributed by atoms with van der Waals surface area (Å²) in [5.74, 6) is 1.10. The second-order valence-corrected chi connectivity index (χ2v) is 8.50. The molecule has 2 aliphatic heterocycles. The summed E-state index contributed by atoms with van der Waals surface area (Å²) in [6.45, 7) is 3.46.